The summed E-state index contributed by atoms with van der Waals surface area (Å²) >= 11 is 0. The molecule has 36 heavy (non-hydrogen) atoms. The van der Waals surface area contributed by atoms with Crippen molar-refractivity contribution in [3.63, 3.8) is 0 Å². The van der Waals surface area contributed by atoms with Crippen molar-refractivity contribution in [3.05, 3.63) is 59.7 Å². The molecule has 0 aromatic heterocycles. The molecule has 2 heterocycles. The van der Waals surface area contributed by atoms with Crippen molar-refractivity contribution < 1.29 is 14.3 Å². The van der Waals surface area contributed by atoms with Crippen LogP contribution in [0.5, 0.6) is 0 Å². The van der Waals surface area contributed by atoms with E-state index in [0.717, 1.165) is 44.9 Å². The second-order valence-electron chi connectivity index (χ2n) is 11.1. The minimum absolute atomic E-state index is 0.0811. The van der Waals surface area contributed by atoms with Crippen molar-refractivity contribution in [3.8, 4) is 11.1 Å². The summed E-state index contributed by atoms with van der Waals surface area (Å²) in [5, 5.41) is 0. The Morgan fingerprint density at radius 2 is 1.42 bits per heavy atom. The number of piperidine rings is 2. The van der Waals surface area contributed by atoms with Crippen LogP contribution in [-0.4, -0.2) is 35.5 Å². The molecular weight excluding hydrogens is 446 g/mol. The van der Waals surface area contributed by atoms with Crippen LogP contribution in [0.3, 0.4) is 0 Å². The van der Waals surface area contributed by atoms with Gasteiger partial charge in [-0.2, -0.15) is 0 Å². The molecule has 5 rings (SSSR count). The number of amides is 1. The first kappa shape index (κ1) is 25.0. The third kappa shape index (κ3) is 5.23. The van der Waals surface area contributed by atoms with Crippen LogP contribution in [0, 0.1) is 5.92 Å². The molecule has 2 saturated heterocycles. The van der Waals surface area contributed by atoms with E-state index in [2.05, 4.69) is 55.5 Å². The Hall–Kier alpha value is -2.62. The molecule has 0 N–H and O–H groups in total. The Kier molecular flexibility index (Phi) is 8.09. The first-order valence-electron chi connectivity index (χ1n) is 14.3. The lowest BCUT2D eigenvalue weighted by molar-refractivity contribution is -0.126. The number of fused-ring (bicyclic) bond motifs is 5. The fraction of sp³-hybridized carbons (Fsp3) is 0.562. The van der Waals surface area contributed by atoms with Gasteiger partial charge in [0.25, 0.3) is 0 Å². The minimum atomic E-state index is -0.187. The molecule has 1 amide bonds. The molecule has 0 saturated carbocycles. The molecule has 4 heteroatoms. The number of ketones is 1. The van der Waals surface area contributed by atoms with Crippen LogP contribution < -0.4 is 0 Å². The minimum Gasteiger partial charge on any atom is -0.448 e. The maximum Gasteiger partial charge on any atom is 0.410 e. The molecule has 2 aliphatic heterocycles. The van der Waals surface area contributed by atoms with Crippen LogP contribution in [0.25, 0.3) is 11.1 Å². The van der Waals surface area contributed by atoms with E-state index >= 15 is 0 Å². The highest BCUT2D eigenvalue weighted by molar-refractivity contribution is 5.82. The van der Waals surface area contributed by atoms with E-state index in [9.17, 15) is 9.59 Å². The third-order valence-corrected chi connectivity index (χ3v) is 8.75. The average Bonchev–Trinajstić information content (AvgIpc) is 3.22. The summed E-state index contributed by atoms with van der Waals surface area (Å²) in [6.45, 7) is 2.60. The molecule has 4 nitrogen and oxygen atoms in total. The zero-order chi connectivity index (χ0) is 24.9. The molecule has 1 aliphatic carbocycles. The molecular formula is C32H41NO3. The lowest BCUT2D eigenvalue weighted by atomic mass is 9.76. The molecule has 2 bridgehead atoms. The second kappa shape index (κ2) is 11.6. The highest BCUT2D eigenvalue weighted by Gasteiger charge is 2.43. The van der Waals surface area contributed by atoms with Gasteiger partial charge in [0.05, 0.1) is 0 Å². The number of hydrogen-bond acceptors (Lipinski definition) is 3. The normalized spacial score (nSPS) is 22.7. The van der Waals surface area contributed by atoms with Gasteiger partial charge in [0.1, 0.15) is 12.4 Å². The van der Waals surface area contributed by atoms with Crippen LogP contribution in [-0.2, 0) is 9.53 Å². The van der Waals surface area contributed by atoms with E-state index in [-0.39, 0.29) is 30.0 Å². The molecule has 2 unspecified atom stereocenters. The SMILES string of the molecule is CCCCCCCCC(=O)C1CC2CCCC(C1)N2C(=O)OCC1c2ccccc2-c2ccccc21. The fourth-order valence-corrected chi connectivity index (χ4v) is 6.89. The van der Waals surface area contributed by atoms with Gasteiger partial charge in [-0.15, -0.1) is 0 Å². The highest BCUT2D eigenvalue weighted by atomic mass is 16.6. The molecule has 2 fully saturated rings. The van der Waals surface area contributed by atoms with Crippen LogP contribution in [0.15, 0.2) is 48.5 Å². The van der Waals surface area contributed by atoms with E-state index in [1.807, 2.05) is 4.90 Å². The average molecular weight is 488 g/mol. The van der Waals surface area contributed by atoms with Crippen molar-refractivity contribution in [2.75, 3.05) is 6.61 Å². The standard InChI is InChI=1S/C32H41NO3/c1-2-3-4-5-6-7-19-31(34)23-20-24-13-12-14-25(21-23)33(24)32(35)36-22-30-28-17-10-8-15-26(28)27-16-9-11-18-29(27)30/h8-11,15-18,23-25,30H,2-7,12-14,19-22H2,1H3. The Bertz CT molecular complexity index is 1000. The van der Waals surface area contributed by atoms with Gasteiger partial charge in [0.2, 0.25) is 0 Å². The number of carbonyl (C=O) groups excluding carboxylic acids is 2. The Balaban J connectivity index is 1.17. The number of unbranched alkanes of at least 4 members (excludes halogenated alkanes) is 5. The quantitative estimate of drug-likeness (QED) is 0.320. The van der Waals surface area contributed by atoms with Crippen molar-refractivity contribution in [2.45, 2.75) is 102 Å². The van der Waals surface area contributed by atoms with Crippen molar-refractivity contribution in [1.82, 2.24) is 4.90 Å². The number of nitrogens with zero attached hydrogens (tertiary/aromatic N) is 1. The first-order chi connectivity index (χ1) is 17.7. The largest absolute Gasteiger partial charge is 0.448 e. The first-order valence-corrected chi connectivity index (χ1v) is 14.3. The van der Waals surface area contributed by atoms with E-state index in [1.54, 1.807) is 0 Å². The molecule has 0 radical (unpaired) electrons. The zero-order valence-electron chi connectivity index (χ0n) is 21.8. The van der Waals surface area contributed by atoms with Crippen molar-refractivity contribution >= 4 is 11.9 Å². The lowest BCUT2D eigenvalue weighted by Crippen LogP contribution is -2.55. The lowest BCUT2D eigenvalue weighted by Gasteiger charge is -2.47. The molecule has 192 valence electrons. The van der Waals surface area contributed by atoms with Gasteiger partial charge in [-0.1, -0.05) is 87.6 Å². The number of hydrogen-bond donors (Lipinski definition) is 0. The second-order valence-corrected chi connectivity index (χ2v) is 11.1. The number of carbonyl (C=O) groups is 2. The number of benzene rings is 2. The number of Topliss-reactive ketones (excluding diaryl/α,β-unsaturated/α-hetero) is 1. The summed E-state index contributed by atoms with van der Waals surface area (Å²) in [5.74, 6) is 0.626. The molecule has 2 atom stereocenters. The smallest absolute Gasteiger partial charge is 0.410 e. The maximum atomic E-state index is 13.4. The van der Waals surface area contributed by atoms with Gasteiger partial charge in [0, 0.05) is 30.3 Å². The van der Waals surface area contributed by atoms with Crippen LogP contribution in [0.4, 0.5) is 4.79 Å². The highest BCUT2D eigenvalue weighted by Crippen LogP contribution is 2.45. The summed E-state index contributed by atoms with van der Waals surface area (Å²) in [5.41, 5.74) is 4.97. The predicted molar refractivity (Wildman–Crippen MR) is 144 cm³/mol. The van der Waals surface area contributed by atoms with E-state index in [0.29, 0.717) is 18.8 Å². The van der Waals surface area contributed by atoms with Crippen molar-refractivity contribution in [2.24, 2.45) is 5.92 Å². The van der Waals surface area contributed by atoms with Gasteiger partial charge in [0.15, 0.2) is 0 Å². The topological polar surface area (TPSA) is 46.6 Å². The number of ether oxygens (including phenoxy) is 1. The van der Waals surface area contributed by atoms with E-state index < -0.39 is 0 Å². The number of rotatable bonds is 10. The maximum absolute atomic E-state index is 13.4. The fourth-order valence-electron chi connectivity index (χ4n) is 6.89. The Morgan fingerprint density at radius 3 is 2.06 bits per heavy atom. The summed E-state index contributed by atoms with van der Waals surface area (Å²) in [7, 11) is 0. The molecule has 3 aliphatic rings. The van der Waals surface area contributed by atoms with Crippen LogP contribution in [0.2, 0.25) is 0 Å². The summed E-state index contributed by atoms with van der Waals surface area (Å²) in [6, 6.07) is 17.2. The van der Waals surface area contributed by atoms with Gasteiger partial charge in [-0.3, -0.25) is 4.79 Å². The third-order valence-electron chi connectivity index (χ3n) is 8.75. The van der Waals surface area contributed by atoms with Crippen LogP contribution >= 0.6 is 0 Å². The Morgan fingerprint density at radius 1 is 0.833 bits per heavy atom. The molecule has 0 spiro atoms. The summed E-state index contributed by atoms with van der Waals surface area (Å²) in [4.78, 5) is 28.4. The summed E-state index contributed by atoms with van der Waals surface area (Å²) < 4.78 is 6.02. The van der Waals surface area contributed by atoms with E-state index in [4.69, 9.17) is 4.74 Å². The van der Waals surface area contributed by atoms with Gasteiger partial charge in [-0.25, -0.2) is 4.79 Å². The zero-order valence-corrected chi connectivity index (χ0v) is 21.8. The van der Waals surface area contributed by atoms with E-state index in [1.165, 1.54) is 47.9 Å². The van der Waals surface area contributed by atoms with Gasteiger partial charge >= 0.3 is 6.09 Å². The molecule has 2 aromatic rings. The van der Waals surface area contributed by atoms with Crippen molar-refractivity contribution in [1.29, 1.82) is 0 Å². The van der Waals surface area contributed by atoms with Gasteiger partial charge in [-0.05, 0) is 60.8 Å². The predicted octanol–water partition coefficient (Wildman–Crippen LogP) is 7.89. The molecule has 2 aromatic carbocycles. The Labute approximate surface area is 216 Å². The summed E-state index contributed by atoms with van der Waals surface area (Å²) in [6.07, 6.45) is 12.5. The monoisotopic (exact) mass is 487 g/mol. The van der Waals surface area contributed by atoms with Crippen LogP contribution in [0.1, 0.15) is 101 Å². The van der Waals surface area contributed by atoms with Gasteiger partial charge < -0.3 is 9.64 Å².